The number of halogens is 1. The van der Waals surface area contributed by atoms with E-state index in [1.54, 1.807) is 43.3 Å². The van der Waals surface area contributed by atoms with Crippen LogP contribution in [0.15, 0.2) is 53.4 Å². The Kier molecular flexibility index (Phi) is 8.29. The summed E-state index contributed by atoms with van der Waals surface area (Å²) < 4.78 is 32.8. The molecule has 0 bridgehead atoms. The summed E-state index contributed by atoms with van der Waals surface area (Å²) in [6, 6.07) is 12.9. The summed E-state index contributed by atoms with van der Waals surface area (Å²) in [7, 11) is -3.92. The van der Waals surface area contributed by atoms with E-state index in [1.807, 2.05) is 6.92 Å². The maximum absolute atomic E-state index is 13.2. The molecular formula is C20H25ClN2O4S. The number of hydrogen-bond acceptors (Lipinski definition) is 4. The van der Waals surface area contributed by atoms with Gasteiger partial charge in [-0.15, -0.1) is 0 Å². The largest absolute Gasteiger partial charge is 0.382 e. The highest BCUT2D eigenvalue weighted by Crippen LogP contribution is 2.28. The highest BCUT2D eigenvalue weighted by Gasteiger charge is 2.28. The minimum Gasteiger partial charge on any atom is -0.382 e. The van der Waals surface area contributed by atoms with Crippen LogP contribution in [0.25, 0.3) is 0 Å². The van der Waals surface area contributed by atoms with Gasteiger partial charge in [-0.1, -0.05) is 29.8 Å². The molecule has 0 radical (unpaired) electrons. The number of rotatable bonds is 10. The summed E-state index contributed by atoms with van der Waals surface area (Å²) >= 11 is 6.01. The smallest absolute Gasteiger partial charge is 0.264 e. The van der Waals surface area contributed by atoms with Crippen molar-refractivity contribution in [1.82, 2.24) is 5.32 Å². The molecule has 0 aliphatic heterocycles. The molecule has 2 aromatic carbocycles. The molecule has 6 nitrogen and oxygen atoms in total. The quantitative estimate of drug-likeness (QED) is 0.593. The second kappa shape index (κ2) is 10.5. The minimum atomic E-state index is -3.92. The van der Waals surface area contributed by atoms with Crippen LogP contribution in [0.3, 0.4) is 0 Å². The van der Waals surface area contributed by atoms with E-state index in [-0.39, 0.29) is 17.3 Å². The van der Waals surface area contributed by atoms with Crippen molar-refractivity contribution in [2.75, 3.05) is 30.6 Å². The molecule has 0 saturated heterocycles. The van der Waals surface area contributed by atoms with Crippen LogP contribution in [-0.4, -0.2) is 40.6 Å². The second-order valence-corrected chi connectivity index (χ2v) is 8.45. The normalized spacial score (nSPS) is 11.2. The number of anilines is 1. The Morgan fingerprint density at radius 2 is 1.89 bits per heavy atom. The van der Waals surface area contributed by atoms with E-state index >= 15 is 0 Å². The van der Waals surface area contributed by atoms with E-state index in [9.17, 15) is 13.2 Å². The van der Waals surface area contributed by atoms with Crippen LogP contribution in [0.5, 0.6) is 0 Å². The number of amides is 1. The van der Waals surface area contributed by atoms with Gasteiger partial charge in [0.2, 0.25) is 5.91 Å². The molecule has 0 atom stereocenters. The van der Waals surface area contributed by atoms with Crippen LogP contribution in [0.4, 0.5) is 5.69 Å². The Morgan fingerprint density at radius 3 is 2.54 bits per heavy atom. The summed E-state index contributed by atoms with van der Waals surface area (Å²) in [5.74, 6) is -0.384. The van der Waals surface area contributed by atoms with Gasteiger partial charge in [-0.3, -0.25) is 9.10 Å². The Balaban J connectivity index is 2.26. The Morgan fingerprint density at radius 1 is 1.18 bits per heavy atom. The summed E-state index contributed by atoms with van der Waals surface area (Å²) in [5, 5.41) is 3.24. The number of carbonyl (C=O) groups excluding carboxylic acids is 1. The van der Waals surface area contributed by atoms with Crippen LogP contribution >= 0.6 is 11.6 Å². The van der Waals surface area contributed by atoms with E-state index in [1.165, 1.54) is 12.1 Å². The molecule has 152 valence electrons. The van der Waals surface area contributed by atoms with Crippen molar-refractivity contribution in [3.63, 3.8) is 0 Å². The van der Waals surface area contributed by atoms with Crippen molar-refractivity contribution < 1.29 is 17.9 Å². The first-order chi connectivity index (χ1) is 13.4. The molecule has 0 aliphatic rings. The zero-order valence-electron chi connectivity index (χ0n) is 16.0. The van der Waals surface area contributed by atoms with Gasteiger partial charge in [-0.05, 0) is 56.2 Å². The average molecular weight is 425 g/mol. The molecule has 0 heterocycles. The summed E-state index contributed by atoms with van der Waals surface area (Å²) in [4.78, 5) is 12.6. The van der Waals surface area contributed by atoms with Crippen molar-refractivity contribution in [3.8, 4) is 0 Å². The number of sulfonamides is 1. The molecule has 0 fully saturated rings. The molecule has 0 unspecified atom stereocenters. The fourth-order valence-corrected chi connectivity index (χ4v) is 4.38. The number of nitrogens with one attached hydrogen (secondary N) is 1. The molecule has 2 aromatic rings. The second-order valence-electron chi connectivity index (χ2n) is 6.16. The Hall–Kier alpha value is -2.09. The summed E-state index contributed by atoms with van der Waals surface area (Å²) in [6.45, 7) is 4.91. The fraction of sp³-hybridized carbons (Fsp3) is 0.350. The lowest BCUT2D eigenvalue weighted by atomic mass is 10.2. The lowest BCUT2D eigenvalue weighted by Gasteiger charge is -2.25. The third kappa shape index (κ3) is 5.95. The third-order valence-electron chi connectivity index (χ3n) is 4.04. The monoisotopic (exact) mass is 424 g/mol. The van der Waals surface area contributed by atoms with Crippen LogP contribution in [0.1, 0.15) is 18.9 Å². The topological polar surface area (TPSA) is 75.7 Å². The number of aryl methyl sites for hydroxylation is 1. The van der Waals surface area contributed by atoms with Gasteiger partial charge in [0.05, 0.1) is 10.6 Å². The molecule has 0 saturated carbocycles. The first kappa shape index (κ1) is 22.2. The van der Waals surface area contributed by atoms with Gasteiger partial charge in [-0.25, -0.2) is 8.42 Å². The van der Waals surface area contributed by atoms with Gasteiger partial charge >= 0.3 is 0 Å². The SMILES string of the molecule is CCOCCCNC(=O)CN(c1ccc(Cl)cc1C)S(=O)(=O)c1ccccc1. The molecule has 0 spiro atoms. The van der Waals surface area contributed by atoms with Crippen LogP contribution in [0, 0.1) is 6.92 Å². The number of carbonyl (C=O) groups is 1. The molecule has 28 heavy (non-hydrogen) atoms. The summed E-state index contributed by atoms with van der Waals surface area (Å²) in [5.41, 5.74) is 1.08. The highest BCUT2D eigenvalue weighted by molar-refractivity contribution is 7.92. The average Bonchev–Trinajstić information content (AvgIpc) is 2.67. The molecule has 2 rings (SSSR count). The fourth-order valence-electron chi connectivity index (χ4n) is 2.65. The van der Waals surface area contributed by atoms with E-state index in [4.69, 9.17) is 16.3 Å². The van der Waals surface area contributed by atoms with Crippen LogP contribution in [0.2, 0.25) is 5.02 Å². The zero-order valence-corrected chi connectivity index (χ0v) is 17.6. The van der Waals surface area contributed by atoms with E-state index < -0.39 is 10.0 Å². The van der Waals surface area contributed by atoms with Crippen molar-refractivity contribution in [1.29, 1.82) is 0 Å². The predicted octanol–water partition coefficient (Wildman–Crippen LogP) is 3.39. The van der Waals surface area contributed by atoms with Gasteiger partial charge < -0.3 is 10.1 Å². The lowest BCUT2D eigenvalue weighted by Crippen LogP contribution is -2.41. The highest BCUT2D eigenvalue weighted by atomic mass is 35.5. The Bertz CT molecular complexity index is 888. The maximum atomic E-state index is 13.2. The molecule has 1 amide bonds. The van der Waals surface area contributed by atoms with E-state index in [2.05, 4.69) is 5.32 Å². The number of ether oxygens (including phenoxy) is 1. The van der Waals surface area contributed by atoms with Crippen molar-refractivity contribution in [3.05, 3.63) is 59.1 Å². The first-order valence-electron chi connectivity index (χ1n) is 9.04. The zero-order chi connectivity index (χ0) is 20.6. The minimum absolute atomic E-state index is 0.119. The van der Waals surface area contributed by atoms with Gasteiger partial charge in [0.15, 0.2) is 0 Å². The third-order valence-corrected chi connectivity index (χ3v) is 6.05. The number of benzene rings is 2. The van der Waals surface area contributed by atoms with Crippen molar-refractivity contribution in [2.45, 2.75) is 25.2 Å². The molecule has 1 N–H and O–H groups in total. The standard InChI is InChI=1S/C20H25ClN2O4S/c1-3-27-13-7-12-22-20(24)15-23(19-11-10-17(21)14-16(19)2)28(25,26)18-8-5-4-6-9-18/h4-6,8-11,14H,3,7,12-13,15H2,1-2H3,(H,22,24). The first-order valence-corrected chi connectivity index (χ1v) is 10.9. The van der Waals surface area contributed by atoms with Gasteiger partial charge in [-0.2, -0.15) is 0 Å². The summed E-state index contributed by atoms with van der Waals surface area (Å²) in [6.07, 6.45) is 0.658. The molecule has 0 aromatic heterocycles. The molecule has 8 heteroatoms. The predicted molar refractivity (Wildman–Crippen MR) is 111 cm³/mol. The lowest BCUT2D eigenvalue weighted by molar-refractivity contribution is -0.119. The van der Waals surface area contributed by atoms with E-state index in [0.29, 0.717) is 42.5 Å². The maximum Gasteiger partial charge on any atom is 0.264 e. The van der Waals surface area contributed by atoms with Crippen LogP contribution < -0.4 is 9.62 Å². The van der Waals surface area contributed by atoms with Crippen LogP contribution in [-0.2, 0) is 19.6 Å². The number of nitrogens with zero attached hydrogens (tertiary/aromatic N) is 1. The van der Waals surface area contributed by atoms with Gasteiger partial charge in [0.1, 0.15) is 6.54 Å². The Labute approximate surface area is 171 Å². The van der Waals surface area contributed by atoms with E-state index in [0.717, 1.165) is 4.31 Å². The molecule has 0 aliphatic carbocycles. The van der Waals surface area contributed by atoms with Gasteiger partial charge in [0.25, 0.3) is 10.0 Å². The number of hydrogen-bond donors (Lipinski definition) is 1. The molecular weight excluding hydrogens is 400 g/mol. The van der Waals surface area contributed by atoms with Gasteiger partial charge in [0, 0.05) is 24.8 Å². The van der Waals surface area contributed by atoms with Crippen molar-refractivity contribution in [2.24, 2.45) is 0 Å². The van der Waals surface area contributed by atoms with Crippen molar-refractivity contribution >= 4 is 33.2 Å².